The zero-order valence-corrected chi connectivity index (χ0v) is 16.5. The van der Waals surface area contributed by atoms with Gasteiger partial charge in [0.1, 0.15) is 17.9 Å². The van der Waals surface area contributed by atoms with E-state index in [-0.39, 0.29) is 34.5 Å². The number of benzene rings is 2. The van der Waals surface area contributed by atoms with Crippen LogP contribution in [0.3, 0.4) is 0 Å². The minimum atomic E-state index is -0.515. The Balaban J connectivity index is 1.40. The van der Waals surface area contributed by atoms with Gasteiger partial charge in [-0.1, -0.05) is 28.9 Å². The quantitative estimate of drug-likeness (QED) is 0.630. The first-order valence-electron chi connectivity index (χ1n) is 9.28. The summed E-state index contributed by atoms with van der Waals surface area (Å²) in [6.07, 6.45) is 0. The van der Waals surface area contributed by atoms with Crippen molar-refractivity contribution in [1.29, 1.82) is 0 Å². The molecule has 8 nitrogen and oxygen atoms in total. The van der Waals surface area contributed by atoms with Crippen LogP contribution in [0, 0.1) is 5.82 Å². The molecule has 0 unspecified atom stereocenters. The Kier molecular flexibility index (Phi) is 5.45. The number of fused-ring (bicyclic) bond motifs is 1. The van der Waals surface area contributed by atoms with Gasteiger partial charge in [0.25, 0.3) is 11.5 Å². The van der Waals surface area contributed by atoms with Crippen molar-refractivity contribution < 1.29 is 14.0 Å². The molecule has 0 N–H and O–H groups in total. The molecule has 0 aliphatic carbocycles. The number of halogens is 2. The SMILES string of the molecule is O=C(Cn1nnc2ccccc2c1=O)N1CCN(C(=O)c2ccc(F)cc2Cl)CC1. The third-order valence-electron chi connectivity index (χ3n) is 5.00. The summed E-state index contributed by atoms with van der Waals surface area (Å²) in [5.41, 5.74) is 0.308. The number of nitrogens with zero attached hydrogens (tertiary/aromatic N) is 5. The van der Waals surface area contributed by atoms with Crippen LogP contribution in [0.15, 0.2) is 47.3 Å². The first-order chi connectivity index (χ1) is 14.4. The molecule has 1 fully saturated rings. The van der Waals surface area contributed by atoms with Crippen LogP contribution in [0.2, 0.25) is 5.02 Å². The molecule has 0 radical (unpaired) electrons. The molecule has 30 heavy (non-hydrogen) atoms. The average Bonchev–Trinajstić information content (AvgIpc) is 2.75. The van der Waals surface area contributed by atoms with Crippen LogP contribution < -0.4 is 5.56 Å². The smallest absolute Gasteiger partial charge is 0.278 e. The van der Waals surface area contributed by atoms with E-state index in [2.05, 4.69) is 10.3 Å². The number of rotatable bonds is 3. The molecule has 1 aliphatic heterocycles. The van der Waals surface area contributed by atoms with Crippen LogP contribution in [0.5, 0.6) is 0 Å². The normalized spacial score (nSPS) is 14.2. The average molecular weight is 430 g/mol. The molecule has 1 saturated heterocycles. The van der Waals surface area contributed by atoms with Gasteiger partial charge in [-0.2, -0.15) is 0 Å². The van der Waals surface area contributed by atoms with Crippen LogP contribution in [0.25, 0.3) is 10.9 Å². The second kappa shape index (κ2) is 8.19. The Hall–Kier alpha value is -3.33. The van der Waals surface area contributed by atoms with Gasteiger partial charge in [-0.3, -0.25) is 14.4 Å². The predicted molar refractivity (Wildman–Crippen MR) is 108 cm³/mol. The highest BCUT2D eigenvalue weighted by atomic mass is 35.5. The van der Waals surface area contributed by atoms with Crippen LogP contribution in [-0.2, 0) is 11.3 Å². The van der Waals surface area contributed by atoms with Gasteiger partial charge in [0, 0.05) is 26.2 Å². The molecular formula is C20H17ClFN5O3. The number of carbonyl (C=O) groups is 2. The molecule has 0 atom stereocenters. The molecule has 3 aromatic rings. The van der Waals surface area contributed by atoms with E-state index < -0.39 is 5.82 Å². The summed E-state index contributed by atoms with van der Waals surface area (Å²) in [4.78, 5) is 40.9. The number of carbonyl (C=O) groups excluding carboxylic acids is 2. The van der Waals surface area contributed by atoms with Crippen LogP contribution in [0.1, 0.15) is 10.4 Å². The Morgan fingerprint density at radius 3 is 2.47 bits per heavy atom. The van der Waals surface area contributed by atoms with E-state index in [4.69, 9.17) is 11.6 Å². The maximum Gasteiger partial charge on any atom is 0.278 e. The molecule has 2 heterocycles. The Labute approximate surface area is 175 Å². The number of hydrogen-bond donors (Lipinski definition) is 0. The van der Waals surface area contributed by atoms with Crippen molar-refractivity contribution in [2.45, 2.75) is 6.54 Å². The van der Waals surface area contributed by atoms with Gasteiger partial charge in [0.2, 0.25) is 5.91 Å². The first kappa shape index (κ1) is 20.0. The topological polar surface area (TPSA) is 88.4 Å². The Morgan fingerprint density at radius 2 is 1.73 bits per heavy atom. The van der Waals surface area contributed by atoms with Crippen molar-refractivity contribution in [1.82, 2.24) is 24.8 Å². The zero-order chi connectivity index (χ0) is 21.3. The first-order valence-corrected chi connectivity index (χ1v) is 9.66. The largest absolute Gasteiger partial charge is 0.338 e. The lowest BCUT2D eigenvalue weighted by atomic mass is 10.1. The summed E-state index contributed by atoms with van der Waals surface area (Å²) in [6, 6.07) is 10.4. The Bertz CT molecular complexity index is 1190. The van der Waals surface area contributed by atoms with E-state index in [1.54, 1.807) is 34.1 Å². The van der Waals surface area contributed by atoms with E-state index in [1.807, 2.05) is 0 Å². The molecule has 0 saturated carbocycles. The van der Waals surface area contributed by atoms with Crippen molar-refractivity contribution in [2.75, 3.05) is 26.2 Å². The summed E-state index contributed by atoms with van der Waals surface area (Å²) in [5, 5.41) is 8.26. The Morgan fingerprint density at radius 1 is 1.03 bits per heavy atom. The molecule has 10 heteroatoms. The highest BCUT2D eigenvalue weighted by Gasteiger charge is 2.26. The second-order valence-electron chi connectivity index (χ2n) is 6.87. The summed E-state index contributed by atoms with van der Waals surface area (Å²) in [7, 11) is 0. The molecule has 0 bridgehead atoms. The van der Waals surface area contributed by atoms with Crippen LogP contribution in [-0.4, -0.2) is 62.8 Å². The van der Waals surface area contributed by atoms with E-state index in [1.165, 1.54) is 12.1 Å². The number of amides is 2. The van der Waals surface area contributed by atoms with Crippen molar-refractivity contribution in [3.05, 3.63) is 69.2 Å². The summed E-state index contributed by atoms with van der Waals surface area (Å²) in [6.45, 7) is 0.986. The van der Waals surface area contributed by atoms with E-state index in [9.17, 15) is 18.8 Å². The molecule has 4 rings (SSSR count). The van der Waals surface area contributed by atoms with Gasteiger partial charge in [-0.25, -0.2) is 9.07 Å². The van der Waals surface area contributed by atoms with E-state index >= 15 is 0 Å². The zero-order valence-electron chi connectivity index (χ0n) is 15.8. The summed E-state index contributed by atoms with van der Waals surface area (Å²) < 4.78 is 14.2. The lowest BCUT2D eigenvalue weighted by Gasteiger charge is -2.35. The van der Waals surface area contributed by atoms with Gasteiger partial charge in [-0.15, -0.1) is 5.10 Å². The molecular weight excluding hydrogens is 413 g/mol. The minimum Gasteiger partial charge on any atom is -0.338 e. The van der Waals surface area contributed by atoms with Gasteiger partial charge in [-0.05, 0) is 30.3 Å². The third kappa shape index (κ3) is 3.88. The number of hydrogen-bond acceptors (Lipinski definition) is 5. The van der Waals surface area contributed by atoms with Crippen molar-refractivity contribution >= 4 is 34.3 Å². The number of aromatic nitrogens is 3. The van der Waals surface area contributed by atoms with Gasteiger partial charge in [0.05, 0.1) is 16.0 Å². The van der Waals surface area contributed by atoms with Crippen molar-refractivity contribution in [3.63, 3.8) is 0 Å². The molecule has 1 aliphatic rings. The fourth-order valence-corrected chi connectivity index (χ4v) is 3.60. The minimum absolute atomic E-state index is 0.0489. The lowest BCUT2D eigenvalue weighted by Crippen LogP contribution is -2.51. The van der Waals surface area contributed by atoms with Gasteiger partial charge in [0.15, 0.2) is 0 Å². The van der Waals surface area contributed by atoms with E-state index in [0.29, 0.717) is 37.1 Å². The second-order valence-corrected chi connectivity index (χ2v) is 7.27. The standard InChI is InChI=1S/C20H17ClFN5O3/c21-16-11-13(22)5-6-14(16)19(29)26-9-7-25(8-10-26)18(28)12-27-20(30)15-3-1-2-4-17(15)23-24-27/h1-6,11H,7-10,12H2. The summed E-state index contributed by atoms with van der Waals surface area (Å²) >= 11 is 5.97. The fourth-order valence-electron chi connectivity index (χ4n) is 3.35. The monoisotopic (exact) mass is 429 g/mol. The van der Waals surface area contributed by atoms with Crippen molar-refractivity contribution in [2.24, 2.45) is 0 Å². The van der Waals surface area contributed by atoms with Crippen LogP contribution >= 0.6 is 11.6 Å². The molecule has 154 valence electrons. The maximum absolute atomic E-state index is 13.2. The van der Waals surface area contributed by atoms with Gasteiger partial charge >= 0.3 is 0 Å². The highest BCUT2D eigenvalue weighted by molar-refractivity contribution is 6.33. The fraction of sp³-hybridized carbons (Fsp3) is 0.250. The maximum atomic E-state index is 13.2. The predicted octanol–water partition coefficient (Wildman–Crippen LogP) is 1.57. The number of piperazine rings is 1. The van der Waals surface area contributed by atoms with Crippen LogP contribution in [0.4, 0.5) is 4.39 Å². The molecule has 0 spiro atoms. The highest BCUT2D eigenvalue weighted by Crippen LogP contribution is 2.20. The third-order valence-corrected chi connectivity index (χ3v) is 5.31. The molecule has 2 amide bonds. The van der Waals surface area contributed by atoms with Gasteiger partial charge < -0.3 is 9.80 Å². The lowest BCUT2D eigenvalue weighted by molar-refractivity contribution is -0.133. The van der Waals surface area contributed by atoms with Crippen molar-refractivity contribution in [3.8, 4) is 0 Å². The molecule has 1 aromatic heterocycles. The van der Waals surface area contributed by atoms with E-state index in [0.717, 1.165) is 10.7 Å². The summed E-state index contributed by atoms with van der Waals surface area (Å²) in [5.74, 6) is -1.11. The molecule has 2 aromatic carbocycles.